The van der Waals surface area contributed by atoms with Crippen LogP contribution in [0.4, 0.5) is 0 Å². The highest BCUT2D eigenvalue weighted by atomic mass is 16.2. The van der Waals surface area contributed by atoms with Gasteiger partial charge in [0.15, 0.2) is 0 Å². The van der Waals surface area contributed by atoms with Gasteiger partial charge in [-0.3, -0.25) is 14.2 Å². The van der Waals surface area contributed by atoms with Crippen molar-refractivity contribution in [1.29, 1.82) is 0 Å². The van der Waals surface area contributed by atoms with Gasteiger partial charge in [-0.1, -0.05) is 30.3 Å². The van der Waals surface area contributed by atoms with Gasteiger partial charge in [-0.2, -0.15) is 0 Å². The third-order valence-corrected chi connectivity index (χ3v) is 5.66. The molecule has 2 saturated heterocycles. The SMILES string of the molecule is O=C1NC2(CCN(C(=O)Cn3cccnc3=O)CC2)C[C@H]1c1ccccc1. The van der Waals surface area contributed by atoms with Crippen LogP contribution in [-0.4, -0.2) is 44.9 Å². The summed E-state index contributed by atoms with van der Waals surface area (Å²) in [5.74, 6) is -0.144. The Labute approximate surface area is 157 Å². The zero-order chi connectivity index (χ0) is 18.9. The highest BCUT2D eigenvalue weighted by molar-refractivity contribution is 5.87. The quantitative estimate of drug-likeness (QED) is 0.875. The van der Waals surface area contributed by atoms with Crippen molar-refractivity contribution in [3.8, 4) is 0 Å². The smallest absolute Gasteiger partial charge is 0.347 e. The second-order valence-electron chi connectivity index (χ2n) is 7.35. The number of piperidine rings is 1. The molecule has 1 atom stereocenters. The summed E-state index contributed by atoms with van der Waals surface area (Å²) in [6.07, 6.45) is 5.21. The Kier molecular flexibility index (Phi) is 4.51. The first-order valence-electron chi connectivity index (χ1n) is 9.23. The van der Waals surface area contributed by atoms with Crippen molar-refractivity contribution in [3.05, 3.63) is 64.8 Å². The van der Waals surface area contributed by atoms with Crippen molar-refractivity contribution in [2.75, 3.05) is 13.1 Å². The monoisotopic (exact) mass is 366 g/mol. The molecule has 2 aliphatic heterocycles. The maximum Gasteiger partial charge on any atom is 0.347 e. The number of carbonyl (C=O) groups excluding carboxylic acids is 2. The van der Waals surface area contributed by atoms with Gasteiger partial charge >= 0.3 is 5.69 Å². The molecule has 0 bridgehead atoms. The molecule has 1 aromatic heterocycles. The molecule has 0 saturated carbocycles. The van der Waals surface area contributed by atoms with Crippen LogP contribution in [0.5, 0.6) is 0 Å². The Bertz CT molecular complexity index is 901. The average molecular weight is 366 g/mol. The minimum Gasteiger partial charge on any atom is -0.350 e. The minimum atomic E-state index is -0.423. The molecular weight excluding hydrogens is 344 g/mol. The molecule has 4 rings (SSSR count). The number of nitrogens with one attached hydrogen (secondary N) is 1. The van der Waals surface area contributed by atoms with Crippen molar-refractivity contribution in [2.24, 2.45) is 0 Å². The van der Waals surface area contributed by atoms with Gasteiger partial charge in [0.25, 0.3) is 0 Å². The van der Waals surface area contributed by atoms with Crippen LogP contribution < -0.4 is 11.0 Å². The fraction of sp³-hybridized carbons (Fsp3) is 0.400. The molecule has 1 spiro atoms. The number of hydrogen-bond acceptors (Lipinski definition) is 4. The fourth-order valence-electron chi connectivity index (χ4n) is 4.10. The molecule has 2 fully saturated rings. The zero-order valence-electron chi connectivity index (χ0n) is 15.0. The van der Waals surface area contributed by atoms with E-state index in [0.29, 0.717) is 13.1 Å². The van der Waals surface area contributed by atoms with E-state index in [2.05, 4.69) is 10.3 Å². The Balaban J connectivity index is 1.39. The number of carbonyl (C=O) groups is 2. The second kappa shape index (κ2) is 6.98. The lowest BCUT2D eigenvalue weighted by Gasteiger charge is -2.39. The normalized spacial score (nSPS) is 21.3. The minimum absolute atomic E-state index is 0.00132. The number of nitrogens with zero attached hydrogens (tertiary/aromatic N) is 3. The van der Waals surface area contributed by atoms with Gasteiger partial charge in [0.05, 0.1) is 5.92 Å². The number of aromatic nitrogens is 2. The van der Waals surface area contributed by atoms with Crippen LogP contribution in [-0.2, 0) is 16.1 Å². The lowest BCUT2D eigenvalue weighted by molar-refractivity contribution is -0.133. The van der Waals surface area contributed by atoms with Gasteiger partial charge in [-0.05, 0) is 30.9 Å². The summed E-state index contributed by atoms with van der Waals surface area (Å²) in [6, 6.07) is 11.5. The van der Waals surface area contributed by atoms with Crippen LogP contribution >= 0.6 is 0 Å². The summed E-state index contributed by atoms with van der Waals surface area (Å²) >= 11 is 0. The lowest BCUT2D eigenvalue weighted by Crippen LogP contribution is -2.52. The molecule has 27 heavy (non-hydrogen) atoms. The molecular formula is C20H22N4O3. The molecule has 140 valence electrons. The van der Waals surface area contributed by atoms with E-state index in [1.54, 1.807) is 17.2 Å². The molecule has 1 N–H and O–H groups in total. The van der Waals surface area contributed by atoms with Crippen LogP contribution in [0.15, 0.2) is 53.6 Å². The van der Waals surface area contributed by atoms with Crippen molar-refractivity contribution in [2.45, 2.75) is 37.3 Å². The topological polar surface area (TPSA) is 84.3 Å². The number of hydrogen-bond donors (Lipinski definition) is 1. The fourth-order valence-corrected chi connectivity index (χ4v) is 4.10. The number of rotatable bonds is 3. The van der Waals surface area contributed by atoms with Crippen LogP contribution in [0.25, 0.3) is 0 Å². The van der Waals surface area contributed by atoms with Crippen molar-refractivity contribution in [1.82, 2.24) is 19.8 Å². The first kappa shape index (κ1) is 17.5. The predicted molar refractivity (Wildman–Crippen MR) is 99.0 cm³/mol. The van der Waals surface area contributed by atoms with Crippen LogP contribution in [0.2, 0.25) is 0 Å². The maximum absolute atomic E-state index is 12.5. The molecule has 0 radical (unpaired) electrons. The van der Waals surface area contributed by atoms with Gasteiger partial charge in [-0.15, -0.1) is 0 Å². The van der Waals surface area contributed by atoms with E-state index in [1.165, 1.54) is 10.8 Å². The Morgan fingerprint density at radius 2 is 1.89 bits per heavy atom. The summed E-state index contributed by atoms with van der Waals surface area (Å²) < 4.78 is 1.31. The highest BCUT2D eigenvalue weighted by Gasteiger charge is 2.46. The van der Waals surface area contributed by atoms with Crippen LogP contribution in [0, 0.1) is 0 Å². The second-order valence-corrected chi connectivity index (χ2v) is 7.35. The first-order chi connectivity index (χ1) is 13.1. The van der Waals surface area contributed by atoms with Crippen molar-refractivity contribution in [3.63, 3.8) is 0 Å². The van der Waals surface area contributed by atoms with E-state index in [-0.39, 0.29) is 29.8 Å². The Morgan fingerprint density at radius 3 is 2.59 bits per heavy atom. The predicted octanol–water partition coefficient (Wildman–Crippen LogP) is 0.908. The Morgan fingerprint density at radius 1 is 1.15 bits per heavy atom. The summed E-state index contributed by atoms with van der Waals surface area (Å²) in [4.78, 5) is 42.2. The van der Waals surface area contributed by atoms with Gasteiger partial charge < -0.3 is 10.2 Å². The molecule has 0 unspecified atom stereocenters. The number of benzene rings is 1. The standard InChI is InChI=1S/C20H22N4O3/c25-17(14-24-10-4-9-21-19(24)27)23-11-7-20(8-12-23)13-16(18(26)22-20)15-5-2-1-3-6-15/h1-6,9-10,16H,7-8,11-14H2,(H,22,26)/t16-/m0/s1. The van der Waals surface area contributed by atoms with Gasteiger partial charge in [-0.25, -0.2) is 9.78 Å². The molecule has 2 amide bonds. The van der Waals surface area contributed by atoms with E-state index < -0.39 is 5.69 Å². The third-order valence-electron chi connectivity index (χ3n) is 5.66. The third kappa shape index (κ3) is 3.49. The van der Waals surface area contributed by atoms with Gasteiger partial charge in [0.2, 0.25) is 11.8 Å². The summed E-state index contributed by atoms with van der Waals surface area (Å²) in [5.41, 5.74) is 0.383. The van der Waals surface area contributed by atoms with Crippen LogP contribution in [0.1, 0.15) is 30.7 Å². The first-order valence-corrected chi connectivity index (χ1v) is 9.23. The Hall–Kier alpha value is -2.96. The van der Waals surface area contributed by atoms with Gasteiger partial charge in [0.1, 0.15) is 6.54 Å². The number of amides is 2. The molecule has 3 heterocycles. The number of likely N-dealkylation sites (tertiary alicyclic amines) is 1. The van der Waals surface area contributed by atoms with E-state index >= 15 is 0 Å². The molecule has 7 heteroatoms. The lowest BCUT2D eigenvalue weighted by atomic mass is 9.82. The van der Waals surface area contributed by atoms with E-state index in [4.69, 9.17) is 0 Å². The molecule has 2 aromatic rings. The van der Waals surface area contributed by atoms with E-state index in [0.717, 1.165) is 24.8 Å². The summed E-state index contributed by atoms with van der Waals surface area (Å²) in [5, 5.41) is 3.19. The molecule has 1 aromatic carbocycles. The maximum atomic E-state index is 12.5. The van der Waals surface area contributed by atoms with Crippen LogP contribution in [0.3, 0.4) is 0 Å². The average Bonchev–Trinajstić information content (AvgIpc) is 3.00. The summed E-state index contributed by atoms with van der Waals surface area (Å²) in [7, 11) is 0. The molecule has 7 nitrogen and oxygen atoms in total. The van der Waals surface area contributed by atoms with Crippen molar-refractivity contribution < 1.29 is 9.59 Å². The molecule has 0 aliphatic carbocycles. The largest absolute Gasteiger partial charge is 0.350 e. The van der Waals surface area contributed by atoms with E-state index in [1.807, 2.05) is 30.3 Å². The molecule has 2 aliphatic rings. The van der Waals surface area contributed by atoms with E-state index in [9.17, 15) is 14.4 Å². The van der Waals surface area contributed by atoms with Gasteiger partial charge in [0, 0.05) is 31.0 Å². The highest BCUT2D eigenvalue weighted by Crippen LogP contribution is 2.39. The summed E-state index contributed by atoms with van der Waals surface area (Å²) in [6.45, 7) is 1.16. The zero-order valence-corrected chi connectivity index (χ0v) is 15.0. The van der Waals surface area contributed by atoms with Crippen molar-refractivity contribution >= 4 is 11.8 Å².